The van der Waals surface area contributed by atoms with Crippen LogP contribution in [0.2, 0.25) is 0 Å². The Morgan fingerprint density at radius 3 is 2.62 bits per heavy atom. The second kappa shape index (κ2) is 7.14. The van der Waals surface area contributed by atoms with Crippen LogP contribution in [0.1, 0.15) is 17.0 Å². The minimum Gasteiger partial charge on any atom is -0.324 e. The van der Waals surface area contributed by atoms with Gasteiger partial charge in [-0.2, -0.15) is 5.10 Å². The molecular formula is C18H17N5O3. The number of carbonyl (C=O) groups is 1. The standard InChI is InChI=1S/C18H17N5O3/c1-12-9-13(2)22(21-12)17-8-7-15(11-19-17)20-18(24)10-14-5-3-4-6-16(14)23(25)26/h3-9,11H,10H2,1-2H3,(H,20,24). The number of aryl methyl sites for hydroxylation is 2. The molecular weight excluding hydrogens is 334 g/mol. The minimum atomic E-state index is -0.493. The molecule has 3 aromatic rings. The third-order valence-corrected chi connectivity index (χ3v) is 3.80. The van der Waals surface area contributed by atoms with Crippen LogP contribution >= 0.6 is 0 Å². The molecule has 1 amide bonds. The van der Waals surface area contributed by atoms with Crippen LogP contribution in [0.5, 0.6) is 0 Å². The fourth-order valence-electron chi connectivity index (χ4n) is 2.66. The SMILES string of the molecule is Cc1cc(C)n(-c2ccc(NC(=O)Cc3ccccc3[N+](=O)[O-])cn2)n1. The largest absolute Gasteiger partial charge is 0.324 e. The summed E-state index contributed by atoms with van der Waals surface area (Å²) in [5.74, 6) is 0.298. The highest BCUT2D eigenvalue weighted by Crippen LogP contribution is 2.19. The van der Waals surface area contributed by atoms with Crippen molar-refractivity contribution in [2.45, 2.75) is 20.3 Å². The highest BCUT2D eigenvalue weighted by Gasteiger charge is 2.15. The Morgan fingerprint density at radius 1 is 1.23 bits per heavy atom. The number of benzene rings is 1. The molecule has 0 aliphatic heterocycles. The Balaban J connectivity index is 1.71. The third-order valence-electron chi connectivity index (χ3n) is 3.80. The van der Waals surface area contributed by atoms with Gasteiger partial charge in [-0.05, 0) is 32.0 Å². The van der Waals surface area contributed by atoms with Crippen LogP contribution in [-0.4, -0.2) is 25.6 Å². The molecule has 0 saturated carbocycles. The number of nitro benzene ring substituents is 1. The van der Waals surface area contributed by atoms with Gasteiger partial charge in [0.2, 0.25) is 5.91 Å². The van der Waals surface area contributed by atoms with E-state index >= 15 is 0 Å². The number of nitrogens with one attached hydrogen (secondary N) is 1. The number of rotatable bonds is 5. The highest BCUT2D eigenvalue weighted by molar-refractivity contribution is 5.92. The van der Waals surface area contributed by atoms with Crippen molar-refractivity contribution in [3.8, 4) is 5.82 Å². The first-order valence-electron chi connectivity index (χ1n) is 7.96. The molecule has 0 atom stereocenters. The molecule has 0 fully saturated rings. The highest BCUT2D eigenvalue weighted by atomic mass is 16.6. The predicted molar refractivity (Wildman–Crippen MR) is 96.3 cm³/mol. The smallest absolute Gasteiger partial charge is 0.273 e. The molecule has 3 rings (SSSR count). The molecule has 26 heavy (non-hydrogen) atoms. The topological polar surface area (TPSA) is 103 Å². The van der Waals surface area contributed by atoms with E-state index < -0.39 is 4.92 Å². The quantitative estimate of drug-likeness (QED) is 0.562. The number of hydrogen-bond donors (Lipinski definition) is 1. The van der Waals surface area contributed by atoms with Crippen molar-refractivity contribution in [1.82, 2.24) is 14.8 Å². The van der Waals surface area contributed by atoms with Crippen LogP contribution in [0.4, 0.5) is 11.4 Å². The Bertz CT molecular complexity index is 963. The number of amides is 1. The summed E-state index contributed by atoms with van der Waals surface area (Å²) in [6.07, 6.45) is 1.44. The van der Waals surface area contributed by atoms with E-state index in [4.69, 9.17) is 0 Å². The summed E-state index contributed by atoms with van der Waals surface area (Å²) in [6, 6.07) is 11.6. The lowest BCUT2D eigenvalue weighted by Gasteiger charge is -2.07. The lowest BCUT2D eigenvalue weighted by molar-refractivity contribution is -0.385. The first-order valence-corrected chi connectivity index (χ1v) is 7.96. The van der Waals surface area contributed by atoms with E-state index in [-0.39, 0.29) is 18.0 Å². The van der Waals surface area contributed by atoms with Crippen molar-refractivity contribution >= 4 is 17.3 Å². The first-order chi connectivity index (χ1) is 12.4. The summed E-state index contributed by atoms with van der Waals surface area (Å²) < 4.78 is 1.72. The Labute approximate surface area is 149 Å². The summed E-state index contributed by atoms with van der Waals surface area (Å²) >= 11 is 0. The Morgan fingerprint density at radius 2 is 2.00 bits per heavy atom. The molecule has 0 aliphatic carbocycles. The van der Waals surface area contributed by atoms with E-state index in [2.05, 4.69) is 15.4 Å². The minimum absolute atomic E-state index is 0.0688. The molecule has 8 nitrogen and oxygen atoms in total. The molecule has 0 aliphatic rings. The zero-order valence-electron chi connectivity index (χ0n) is 14.3. The van der Waals surface area contributed by atoms with Crippen molar-refractivity contribution in [3.05, 3.63) is 75.7 Å². The molecule has 0 bridgehead atoms. The maximum Gasteiger partial charge on any atom is 0.273 e. The summed E-state index contributed by atoms with van der Waals surface area (Å²) in [5.41, 5.74) is 2.66. The van der Waals surface area contributed by atoms with Crippen molar-refractivity contribution in [2.75, 3.05) is 5.32 Å². The van der Waals surface area contributed by atoms with E-state index in [0.717, 1.165) is 11.4 Å². The van der Waals surface area contributed by atoms with E-state index in [9.17, 15) is 14.9 Å². The van der Waals surface area contributed by atoms with Crippen molar-refractivity contribution < 1.29 is 9.72 Å². The van der Waals surface area contributed by atoms with Gasteiger partial charge in [-0.25, -0.2) is 9.67 Å². The van der Waals surface area contributed by atoms with Gasteiger partial charge >= 0.3 is 0 Å². The van der Waals surface area contributed by atoms with Crippen LogP contribution in [0.3, 0.4) is 0 Å². The van der Waals surface area contributed by atoms with Crippen LogP contribution < -0.4 is 5.32 Å². The third kappa shape index (κ3) is 3.75. The molecule has 8 heteroatoms. The zero-order chi connectivity index (χ0) is 18.7. The Kier molecular flexibility index (Phi) is 4.74. The maximum absolute atomic E-state index is 12.2. The predicted octanol–water partition coefficient (Wildman–Crippen LogP) is 2.97. The molecule has 0 saturated heterocycles. The molecule has 0 radical (unpaired) electrons. The van der Waals surface area contributed by atoms with Gasteiger partial charge in [-0.3, -0.25) is 14.9 Å². The molecule has 1 aromatic carbocycles. The molecule has 132 valence electrons. The van der Waals surface area contributed by atoms with Gasteiger partial charge in [0.05, 0.1) is 28.9 Å². The van der Waals surface area contributed by atoms with E-state index in [1.807, 2.05) is 19.9 Å². The average molecular weight is 351 g/mol. The van der Waals surface area contributed by atoms with E-state index in [1.165, 1.54) is 12.3 Å². The second-order valence-electron chi connectivity index (χ2n) is 5.85. The summed E-state index contributed by atoms with van der Waals surface area (Å²) in [4.78, 5) is 27.0. The van der Waals surface area contributed by atoms with Crippen LogP contribution in [0, 0.1) is 24.0 Å². The lowest BCUT2D eigenvalue weighted by atomic mass is 10.1. The number of hydrogen-bond acceptors (Lipinski definition) is 5. The van der Waals surface area contributed by atoms with Crippen molar-refractivity contribution in [2.24, 2.45) is 0 Å². The first kappa shape index (κ1) is 17.3. The van der Waals surface area contributed by atoms with Gasteiger partial charge in [-0.15, -0.1) is 0 Å². The number of carbonyl (C=O) groups excluding carboxylic acids is 1. The monoisotopic (exact) mass is 351 g/mol. The van der Waals surface area contributed by atoms with Gasteiger partial charge in [0.1, 0.15) is 0 Å². The second-order valence-corrected chi connectivity index (χ2v) is 5.85. The molecule has 0 unspecified atom stereocenters. The number of anilines is 1. The number of aromatic nitrogens is 3. The summed E-state index contributed by atoms with van der Waals surface area (Å²) in [7, 11) is 0. The van der Waals surface area contributed by atoms with Gasteiger partial charge in [-0.1, -0.05) is 18.2 Å². The Hall–Kier alpha value is -3.55. The van der Waals surface area contributed by atoms with Gasteiger partial charge in [0, 0.05) is 17.3 Å². The van der Waals surface area contributed by atoms with E-state index in [1.54, 1.807) is 35.0 Å². The van der Waals surface area contributed by atoms with Crippen LogP contribution in [-0.2, 0) is 11.2 Å². The molecule has 2 heterocycles. The molecule has 1 N–H and O–H groups in total. The lowest BCUT2D eigenvalue weighted by Crippen LogP contribution is -2.15. The van der Waals surface area contributed by atoms with E-state index in [0.29, 0.717) is 17.1 Å². The molecule has 0 spiro atoms. The summed E-state index contributed by atoms with van der Waals surface area (Å²) in [5, 5.41) is 18.1. The van der Waals surface area contributed by atoms with Gasteiger partial charge < -0.3 is 5.32 Å². The molecule has 2 aromatic heterocycles. The number of para-hydroxylation sites is 1. The van der Waals surface area contributed by atoms with Crippen molar-refractivity contribution in [3.63, 3.8) is 0 Å². The maximum atomic E-state index is 12.2. The fourth-order valence-corrected chi connectivity index (χ4v) is 2.66. The fraction of sp³-hybridized carbons (Fsp3) is 0.167. The van der Waals surface area contributed by atoms with Gasteiger partial charge in [0.25, 0.3) is 5.69 Å². The average Bonchev–Trinajstić information content (AvgIpc) is 2.94. The normalized spacial score (nSPS) is 10.5. The van der Waals surface area contributed by atoms with Crippen molar-refractivity contribution in [1.29, 1.82) is 0 Å². The number of nitro groups is 1. The summed E-state index contributed by atoms with van der Waals surface area (Å²) in [6.45, 7) is 3.84. The van der Waals surface area contributed by atoms with Crippen LogP contribution in [0.25, 0.3) is 5.82 Å². The number of nitrogens with zero attached hydrogens (tertiary/aromatic N) is 4. The number of pyridine rings is 1. The zero-order valence-corrected chi connectivity index (χ0v) is 14.3. The van der Waals surface area contributed by atoms with Crippen LogP contribution in [0.15, 0.2) is 48.7 Å². The van der Waals surface area contributed by atoms with Gasteiger partial charge in [0.15, 0.2) is 5.82 Å².